The van der Waals surface area contributed by atoms with Gasteiger partial charge in [0.15, 0.2) is 0 Å². The molecule has 12 aromatic rings. The molecular weight excluding hydrogens is 739 g/mol. The molecule has 0 N–H and O–H groups in total. The lowest BCUT2D eigenvalue weighted by molar-refractivity contribution is 1.18. The van der Waals surface area contributed by atoms with Crippen LogP contribution in [0, 0.1) is 0 Å². The Morgan fingerprint density at radius 2 is 0.721 bits per heavy atom. The Balaban J connectivity index is 0.954. The van der Waals surface area contributed by atoms with E-state index in [0.717, 1.165) is 28.4 Å². The normalized spacial score (nSPS) is 11.6. The monoisotopic (exact) mass is 777 g/mol. The standard InChI is InChI=1S/C58H39N3/c1-3-14-40(15-4-1)43-18-13-21-49(36-43)59(50-34-35-57-54(39-50)52-23-10-11-24-55(52)60(57)46-19-5-2-6-20-46)47-30-26-41(27-31-47)42-28-32-48(33-29-42)61-56-25-12-9-22-51(56)53-37-44-16-7-8-17-45(44)38-58(53)61/h1-39H. The van der Waals surface area contributed by atoms with E-state index in [2.05, 4.69) is 251 Å². The molecular formula is C58H39N3. The molecule has 3 heteroatoms. The van der Waals surface area contributed by atoms with E-state index in [0.29, 0.717) is 0 Å². The van der Waals surface area contributed by atoms with Gasteiger partial charge >= 0.3 is 0 Å². The highest BCUT2D eigenvalue weighted by molar-refractivity contribution is 6.14. The molecule has 0 unspecified atom stereocenters. The van der Waals surface area contributed by atoms with Gasteiger partial charge in [0.2, 0.25) is 0 Å². The predicted octanol–water partition coefficient (Wildman–Crippen LogP) is 15.8. The minimum atomic E-state index is 1.09. The molecule has 0 amide bonds. The Bertz CT molecular complexity index is 3560. The van der Waals surface area contributed by atoms with Crippen LogP contribution in [0.15, 0.2) is 237 Å². The largest absolute Gasteiger partial charge is 0.310 e. The smallest absolute Gasteiger partial charge is 0.0547 e. The van der Waals surface area contributed by atoms with Crippen molar-refractivity contribution in [2.45, 2.75) is 0 Å². The number of hydrogen-bond donors (Lipinski definition) is 0. The first-order valence-electron chi connectivity index (χ1n) is 20.9. The SMILES string of the molecule is c1ccc(-c2cccc(N(c3ccc(-c4ccc(-n5c6ccccc6c6cc7ccccc7cc65)cc4)cc3)c3ccc4c(c3)c3ccccc3n4-c3ccccc3)c2)cc1. The summed E-state index contributed by atoms with van der Waals surface area (Å²) in [7, 11) is 0. The molecule has 0 spiro atoms. The summed E-state index contributed by atoms with van der Waals surface area (Å²) in [5, 5.41) is 7.49. The second-order valence-electron chi connectivity index (χ2n) is 15.8. The van der Waals surface area contributed by atoms with Crippen molar-refractivity contribution in [3.63, 3.8) is 0 Å². The minimum Gasteiger partial charge on any atom is -0.310 e. The van der Waals surface area contributed by atoms with E-state index < -0.39 is 0 Å². The van der Waals surface area contributed by atoms with Gasteiger partial charge in [-0.2, -0.15) is 0 Å². The van der Waals surface area contributed by atoms with Crippen LogP contribution in [-0.2, 0) is 0 Å². The third-order valence-corrected chi connectivity index (χ3v) is 12.3. The molecule has 0 aliphatic carbocycles. The zero-order valence-corrected chi connectivity index (χ0v) is 33.4. The van der Waals surface area contributed by atoms with Crippen molar-refractivity contribution in [1.29, 1.82) is 0 Å². The second kappa shape index (κ2) is 14.3. The lowest BCUT2D eigenvalue weighted by Crippen LogP contribution is -2.10. The second-order valence-corrected chi connectivity index (χ2v) is 15.8. The van der Waals surface area contributed by atoms with E-state index >= 15 is 0 Å². The van der Waals surface area contributed by atoms with Gasteiger partial charge in [-0.15, -0.1) is 0 Å². The molecule has 0 fully saturated rings. The highest BCUT2D eigenvalue weighted by Crippen LogP contribution is 2.42. The molecule has 10 aromatic carbocycles. The summed E-state index contributed by atoms with van der Waals surface area (Å²) in [6, 6.07) is 85.9. The molecule has 0 bridgehead atoms. The number of para-hydroxylation sites is 3. The zero-order valence-electron chi connectivity index (χ0n) is 33.4. The number of nitrogens with zero attached hydrogens (tertiary/aromatic N) is 3. The topological polar surface area (TPSA) is 13.1 Å². The highest BCUT2D eigenvalue weighted by Gasteiger charge is 2.19. The molecule has 0 saturated carbocycles. The molecule has 0 saturated heterocycles. The van der Waals surface area contributed by atoms with Gasteiger partial charge in [-0.05, 0) is 124 Å². The van der Waals surface area contributed by atoms with Gasteiger partial charge in [0.25, 0.3) is 0 Å². The minimum absolute atomic E-state index is 1.09. The Morgan fingerprint density at radius 1 is 0.246 bits per heavy atom. The Labute approximate surface area is 354 Å². The van der Waals surface area contributed by atoms with Gasteiger partial charge in [-0.3, -0.25) is 0 Å². The summed E-state index contributed by atoms with van der Waals surface area (Å²) in [5.41, 5.74) is 15.1. The van der Waals surface area contributed by atoms with Crippen LogP contribution in [0.25, 0.3) is 88.0 Å². The number of aromatic nitrogens is 2. The molecule has 0 aliphatic rings. The average molecular weight is 778 g/mol. The van der Waals surface area contributed by atoms with E-state index in [1.807, 2.05) is 0 Å². The van der Waals surface area contributed by atoms with E-state index in [4.69, 9.17) is 0 Å². The summed E-state index contributed by atoms with van der Waals surface area (Å²) < 4.78 is 4.78. The van der Waals surface area contributed by atoms with Crippen LogP contribution in [0.1, 0.15) is 0 Å². The van der Waals surface area contributed by atoms with E-state index in [1.165, 1.54) is 76.6 Å². The first-order chi connectivity index (χ1) is 30.2. The summed E-state index contributed by atoms with van der Waals surface area (Å²) in [5.74, 6) is 0. The van der Waals surface area contributed by atoms with Crippen LogP contribution >= 0.6 is 0 Å². The number of benzene rings is 10. The van der Waals surface area contributed by atoms with Crippen LogP contribution in [0.3, 0.4) is 0 Å². The Morgan fingerprint density at radius 3 is 1.43 bits per heavy atom. The lowest BCUT2D eigenvalue weighted by Gasteiger charge is -2.26. The van der Waals surface area contributed by atoms with Crippen molar-refractivity contribution in [2.24, 2.45) is 0 Å². The van der Waals surface area contributed by atoms with Gasteiger partial charge < -0.3 is 14.0 Å². The van der Waals surface area contributed by atoms with Crippen molar-refractivity contribution in [2.75, 3.05) is 4.90 Å². The maximum absolute atomic E-state index is 2.40. The quantitative estimate of drug-likeness (QED) is 0.157. The molecule has 2 heterocycles. The first-order valence-corrected chi connectivity index (χ1v) is 20.9. The molecule has 12 rings (SSSR count). The maximum atomic E-state index is 2.40. The number of fused-ring (bicyclic) bond motifs is 7. The Kier molecular flexibility index (Phi) is 8.17. The number of hydrogen-bond acceptors (Lipinski definition) is 1. The molecule has 2 aromatic heterocycles. The van der Waals surface area contributed by atoms with E-state index in [9.17, 15) is 0 Å². The zero-order chi connectivity index (χ0) is 40.3. The average Bonchev–Trinajstić information content (AvgIpc) is 3.84. The Hall–Kier alpha value is -8.14. The van der Waals surface area contributed by atoms with Gasteiger partial charge in [0, 0.05) is 50.0 Å². The first kappa shape index (κ1) is 34.9. The van der Waals surface area contributed by atoms with Crippen LogP contribution in [-0.4, -0.2) is 9.13 Å². The van der Waals surface area contributed by atoms with Crippen molar-refractivity contribution < 1.29 is 0 Å². The maximum Gasteiger partial charge on any atom is 0.0547 e. The summed E-state index contributed by atoms with van der Waals surface area (Å²) in [6.07, 6.45) is 0. The number of rotatable bonds is 7. The van der Waals surface area contributed by atoms with Crippen molar-refractivity contribution in [1.82, 2.24) is 9.13 Å². The van der Waals surface area contributed by atoms with Crippen molar-refractivity contribution >= 4 is 71.4 Å². The fourth-order valence-electron chi connectivity index (χ4n) is 9.40. The summed E-state index contributed by atoms with van der Waals surface area (Å²) in [4.78, 5) is 2.39. The summed E-state index contributed by atoms with van der Waals surface area (Å²) in [6.45, 7) is 0. The molecule has 0 radical (unpaired) electrons. The van der Waals surface area contributed by atoms with Gasteiger partial charge in [0.1, 0.15) is 0 Å². The molecule has 286 valence electrons. The van der Waals surface area contributed by atoms with E-state index in [1.54, 1.807) is 0 Å². The van der Waals surface area contributed by atoms with Gasteiger partial charge in [-0.25, -0.2) is 0 Å². The van der Waals surface area contributed by atoms with Gasteiger partial charge in [0.05, 0.1) is 22.1 Å². The highest BCUT2D eigenvalue weighted by atomic mass is 15.1. The molecule has 3 nitrogen and oxygen atoms in total. The molecule has 0 aliphatic heterocycles. The fraction of sp³-hybridized carbons (Fsp3) is 0. The van der Waals surface area contributed by atoms with Crippen LogP contribution in [0.5, 0.6) is 0 Å². The lowest BCUT2D eigenvalue weighted by atomic mass is 10.0. The van der Waals surface area contributed by atoms with Crippen molar-refractivity contribution in [3.05, 3.63) is 237 Å². The third-order valence-electron chi connectivity index (χ3n) is 12.3. The van der Waals surface area contributed by atoms with Crippen LogP contribution < -0.4 is 4.90 Å². The van der Waals surface area contributed by atoms with Gasteiger partial charge in [-0.1, -0.05) is 146 Å². The van der Waals surface area contributed by atoms with Crippen LogP contribution in [0.2, 0.25) is 0 Å². The summed E-state index contributed by atoms with van der Waals surface area (Å²) >= 11 is 0. The predicted molar refractivity (Wildman–Crippen MR) is 258 cm³/mol. The van der Waals surface area contributed by atoms with Crippen LogP contribution in [0.4, 0.5) is 17.1 Å². The fourth-order valence-corrected chi connectivity index (χ4v) is 9.40. The third kappa shape index (κ3) is 5.90. The molecule has 61 heavy (non-hydrogen) atoms. The number of anilines is 3. The van der Waals surface area contributed by atoms with Crippen molar-refractivity contribution in [3.8, 4) is 33.6 Å². The van der Waals surface area contributed by atoms with E-state index in [-0.39, 0.29) is 0 Å². The molecule has 0 atom stereocenters.